The summed E-state index contributed by atoms with van der Waals surface area (Å²) in [5, 5.41) is 7.34. The first-order valence-corrected chi connectivity index (χ1v) is 6.09. The molecule has 0 fully saturated rings. The molecule has 6 heteroatoms. The number of ether oxygens (including phenoxy) is 1. The van der Waals surface area contributed by atoms with Crippen molar-refractivity contribution in [1.29, 1.82) is 5.41 Å². The summed E-state index contributed by atoms with van der Waals surface area (Å²) in [6, 6.07) is 11.5. The van der Waals surface area contributed by atoms with Gasteiger partial charge in [0.25, 0.3) is 0 Å². The predicted octanol–water partition coefficient (Wildman–Crippen LogP) is 3.57. The third-order valence-electron chi connectivity index (χ3n) is 2.80. The molecule has 0 aromatic heterocycles. The second-order valence-corrected chi connectivity index (χ2v) is 4.43. The number of hydrogen-bond donors (Lipinski definition) is 2. The van der Waals surface area contributed by atoms with Gasteiger partial charge in [0.05, 0.1) is 5.56 Å². The molecule has 0 atom stereocenters. The number of amidine groups is 1. The highest BCUT2D eigenvalue weighted by Crippen LogP contribution is 2.31. The number of alkyl halides is 3. The van der Waals surface area contributed by atoms with E-state index in [9.17, 15) is 13.2 Å². The molecule has 3 nitrogen and oxygen atoms in total. The lowest BCUT2D eigenvalue weighted by Gasteiger charge is -2.10. The summed E-state index contributed by atoms with van der Waals surface area (Å²) < 4.78 is 43.1. The molecule has 0 saturated carbocycles. The minimum Gasteiger partial charge on any atom is -0.489 e. The van der Waals surface area contributed by atoms with Gasteiger partial charge in [-0.2, -0.15) is 13.2 Å². The second kappa shape index (κ2) is 5.87. The van der Waals surface area contributed by atoms with Crippen LogP contribution in [-0.4, -0.2) is 5.84 Å². The molecule has 0 heterocycles. The third-order valence-corrected chi connectivity index (χ3v) is 2.80. The van der Waals surface area contributed by atoms with E-state index in [0.717, 1.165) is 17.7 Å². The highest BCUT2D eigenvalue weighted by Gasteiger charge is 2.30. The molecule has 0 aliphatic rings. The second-order valence-electron chi connectivity index (χ2n) is 4.43. The Hall–Kier alpha value is -2.50. The van der Waals surface area contributed by atoms with Crippen molar-refractivity contribution >= 4 is 5.84 Å². The van der Waals surface area contributed by atoms with Crippen LogP contribution in [-0.2, 0) is 12.8 Å². The number of halogens is 3. The number of rotatable bonds is 4. The van der Waals surface area contributed by atoms with Gasteiger partial charge < -0.3 is 10.5 Å². The lowest BCUT2D eigenvalue weighted by atomic mass is 10.1. The maximum atomic E-state index is 12.6. The molecule has 21 heavy (non-hydrogen) atoms. The molecule has 0 amide bonds. The van der Waals surface area contributed by atoms with E-state index in [1.807, 2.05) is 0 Å². The fourth-order valence-corrected chi connectivity index (χ4v) is 1.76. The van der Waals surface area contributed by atoms with Crippen LogP contribution in [0.2, 0.25) is 0 Å². The van der Waals surface area contributed by atoms with Gasteiger partial charge in [0.2, 0.25) is 0 Å². The molecule has 3 N–H and O–H groups in total. The van der Waals surface area contributed by atoms with Crippen LogP contribution >= 0.6 is 0 Å². The molecule has 2 rings (SSSR count). The average molecular weight is 294 g/mol. The summed E-state index contributed by atoms with van der Waals surface area (Å²) in [5.74, 6) is 0.0639. The van der Waals surface area contributed by atoms with E-state index in [-0.39, 0.29) is 18.2 Å². The molecular weight excluding hydrogens is 281 g/mol. The first kappa shape index (κ1) is 14.9. The Morgan fingerprint density at radius 2 is 1.81 bits per heavy atom. The van der Waals surface area contributed by atoms with E-state index < -0.39 is 11.7 Å². The summed E-state index contributed by atoms with van der Waals surface area (Å²) >= 11 is 0. The molecule has 0 aliphatic carbocycles. The van der Waals surface area contributed by atoms with Crippen LogP contribution < -0.4 is 10.5 Å². The smallest absolute Gasteiger partial charge is 0.416 e. The summed E-state index contributed by atoms with van der Waals surface area (Å²) in [6.45, 7) is 0.0996. The zero-order valence-corrected chi connectivity index (χ0v) is 10.9. The Kier molecular flexibility index (Phi) is 4.16. The van der Waals surface area contributed by atoms with Crippen LogP contribution in [0.15, 0.2) is 48.5 Å². The summed E-state index contributed by atoms with van der Waals surface area (Å²) in [5.41, 5.74) is 5.89. The molecule has 110 valence electrons. The van der Waals surface area contributed by atoms with E-state index in [0.29, 0.717) is 5.56 Å². The van der Waals surface area contributed by atoms with E-state index in [1.54, 1.807) is 24.3 Å². The molecule has 2 aromatic carbocycles. The number of hydrogen-bond acceptors (Lipinski definition) is 2. The lowest BCUT2D eigenvalue weighted by molar-refractivity contribution is -0.137. The number of benzene rings is 2. The monoisotopic (exact) mass is 294 g/mol. The van der Waals surface area contributed by atoms with E-state index >= 15 is 0 Å². The molecule has 0 aliphatic heterocycles. The van der Waals surface area contributed by atoms with Crippen molar-refractivity contribution in [2.75, 3.05) is 0 Å². The topological polar surface area (TPSA) is 59.1 Å². The Labute approximate surface area is 119 Å². The molecule has 0 saturated heterocycles. The van der Waals surface area contributed by atoms with Gasteiger partial charge in [-0.3, -0.25) is 5.41 Å². The van der Waals surface area contributed by atoms with E-state index in [4.69, 9.17) is 15.9 Å². The van der Waals surface area contributed by atoms with Crippen molar-refractivity contribution in [2.24, 2.45) is 5.73 Å². The molecule has 0 radical (unpaired) electrons. The van der Waals surface area contributed by atoms with Crippen molar-refractivity contribution in [1.82, 2.24) is 0 Å². The van der Waals surface area contributed by atoms with Crippen LogP contribution in [0.25, 0.3) is 0 Å². The van der Waals surface area contributed by atoms with Crippen molar-refractivity contribution in [3.05, 3.63) is 65.2 Å². The van der Waals surface area contributed by atoms with Crippen LogP contribution in [0.4, 0.5) is 13.2 Å². The van der Waals surface area contributed by atoms with Gasteiger partial charge in [-0.1, -0.05) is 24.3 Å². The average Bonchev–Trinajstić information content (AvgIpc) is 2.45. The SMILES string of the molecule is N=C(N)c1cccc(COc2cccc(C(F)(F)F)c2)c1. The molecule has 0 unspecified atom stereocenters. The van der Waals surface area contributed by atoms with Gasteiger partial charge in [-0.15, -0.1) is 0 Å². The Morgan fingerprint density at radius 1 is 1.10 bits per heavy atom. The number of nitrogen functional groups attached to an aromatic ring is 1. The zero-order chi connectivity index (χ0) is 15.5. The van der Waals surface area contributed by atoms with Gasteiger partial charge in [0.1, 0.15) is 18.2 Å². The summed E-state index contributed by atoms with van der Waals surface area (Å²) in [7, 11) is 0. The molecule has 2 aromatic rings. The highest BCUT2D eigenvalue weighted by molar-refractivity contribution is 5.95. The van der Waals surface area contributed by atoms with Crippen molar-refractivity contribution in [3.8, 4) is 5.75 Å². The predicted molar refractivity (Wildman–Crippen MR) is 73.2 cm³/mol. The van der Waals surface area contributed by atoms with Gasteiger partial charge in [0.15, 0.2) is 0 Å². The number of nitrogens with two attached hydrogens (primary N) is 1. The summed E-state index contributed by atoms with van der Waals surface area (Å²) in [4.78, 5) is 0. The van der Waals surface area contributed by atoms with E-state index in [2.05, 4.69) is 0 Å². The quantitative estimate of drug-likeness (QED) is 0.669. The van der Waals surface area contributed by atoms with Crippen molar-refractivity contribution in [3.63, 3.8) is 0 Å². The zero-order valence-electron chi connectivity index (χ0n) is 10.9. The molecular formula is C15H13F3N2O. The minimum atomic E-state index is -4.39. The number of nitrogens with one attached hydrogen (secondary N) is 1. The fourth-order valence-electron chi connectivity index (χ4n) is 1.76. The third kappa shape index (κ3) is 3.98. The first-order valence-electron chi connectivity index (χ1n) is 6.09. The van der Waals surface area contributed by atoms with Gasteiger partial charge in [-0.05, 0) is 29.8 Å². The van der Waals surface area contributed by atoms with Gasteiger partial charge in [-0.25, -0.2) is 0 Å². The fraction of sp³-hybridized carbons (Fsp3) is 0.133. The van der Waals surface area contributed by atoms with Crippen molar-refractivity contribution in [2.45, 2.75) is 12.8 Å². The van der Waals surface area contributed by atoms with E-state index in [1.165, 1.54) is 12.1 Å². The first-order chi connectivity index (χ1) is 9.86. The Bertz CT molecular complexity index is 653. The van der Waals surface area contributed by atoms with Crippen LogP contribution in [0.3, 0.4) is 0 Å². The minimum absolute atomic E-state index is 0.0732. The Balaban J connectivity index is 2.10. The van der Waals surface area contributed by atoms with Gasteiger partial charge >= 0.3 is 6.18 Å². The maximum Gasteiger partial charge on any atom is 0.416 e. The lowest BCUT2D eigenvalue weighted by Crippen LogP contribution is -2.11. The van der Waals surface area contributed by atoms with Crippen LogP contribution in [0.1, 0.15) is 16.7 Å². The maximum absolute atomic E-state index is 12.6. The van der Waals surface area contributed by atoms with Crippen LogP contribution in [0, 0.1) is 5.41 Å². The molecule has 0 spiro atoms. The Morgan fingerprint density at radius 3 is 2.48 bits per heavy atom. The van der Waals surface area contributed by atoms with Crippen molar-refractivity contribution < 1.29 is 17.9 Å². The molecule has 0 bridgehead atoms. The largest absolute Gasteiger partial charge is 0.489 e. The summed E-state index contributed by atoms with van der Waals surface area (Å²) in [6.07, 6.45) is -4.39. The van der Waals surface area contributed by atoms with Crippen LogP contribution in [0.5, 0.6) is 5.75 Å². The highest BCUT2D eigenvalue weighted by atomic mass is 19.4. The normalized spacial score (nSPS) is 11.2. The van der Waals surface area contributed by atoms with Gasteiger partial charge in [0, 0.05) is 5.56 Å². The standard InChI is InChI=1S/C15H13F3N2O/c16-15(17,18)12-5-2-6-13(8-12)21-9-10-3-1-4-11(7-10)14(19)20/h1-8H,9H2,(H3,19,20).